The summed E-state index contributed by atoms with van der Waals surface area (Å²) in [6, 6.07) is 0. The van der Waals surface area contributed by atoms with E-state index in [2.05, 4.69) is 33.8 Å². The van der Waals surface area contributed by atoms with E-state index in [0.29, 0.717) is 38.5 Å². The molecule has 4 saturated heterocycles. The SMILES string of the molecule is COC(=O)[C@H]1O[C@@H](O[C@H]2CC[C@@]3(C)[C@@H](CC[C@]4(C)[C@@H]3CC=C3[C@@H]5C[C@](C)(C(=O)OC)C[C@@H](O[C@@H]6OC[C@H](O)[C@H](O)[C@H]6O)[C@]5(C)CC[C@]34C)[C@@]2(C)CO)[C@H](O[C@@H]2O[C@H](CO)[C@H](O)[C@H](O)[C@H]2O[C@@H]2O[C@@H](C)[C@H](O)[C@@H](O)[C@H]2O)[C@@H](O)[C@@H]1O. The number of hydrogen-bond acceptors (Lipinski definition) is 24. The second-order valence-corrected chi connectivity index (χ2v) is 26.0. The van der Waals surface area contributed by atoms with E-state index in [9.17, 15) is 70.9 Å². The van der Waals surface area contributed by atoms with Crippen LogP contribution in [0.4, 0.5) is 0 Å². The van der Waals surface area contributed by atoms with Crippen molar-refractivity contribution in [2.24, 2.45) is 50.2 Å². The Labute approximate surface area is 460 Å². The molecule has 5 aliphatic carbocycles. The zero-order valence-corrected chi connectivity index (χ0v) is 46.7. The minimum atomic E-state index is -2.01. The Bertz CT molecular complexity index is 2220. The largest absolute Gasteiger partial charge is 0.469 e. The van der Waals surface area contributed by atoms with Gasteiger partial charge >= 0.3 is 11.9 Å². The summed E-state index contributed by atoms with van der Waals surface area (Å²) < 4.78 is 59.6. The topological polar surface area (TPSA) is 369 Å². The van der Waals surface area contributed by atoms with Crippen molar-refractivity contribution in [3.63, 3.8) is 0 Å². The van der Waals surface area contributed by atoms with Gasteiger partial charge in [0.1, 0.15) is 79.4 Å². The van der Waals surface area contributed by atoms with E-state index in [4.69, 9.17) is 47.4 Å². The van der Waals surface area contributed by atoms with Gasteiger partial charge < -0.3 is 109 Å². The number of rotatable bonds is 12. The Balaban J connectivity index is 1.00. The summed E-state index contributed by atoms with van der Waals surface area (Å²) in [5, 5.41) is 131. The molecule has 4 saturated carbocycles. The molecule has 0 amide bonds. The van der Waals surface area contributed by atoms with Gasteiger partial charge in [-0.1, -0.05) is 46.3 Å². The van der Waals surface area contributed by atoms with Gasteiger partial charge in [0.25, 0.3) is 0 Å². The number of ether oxygens (including phenoxy) is 10. The summed E-state index contributed by atoms with van der Waals surface area (Å²) in [7, 11) is 2.44. The number of fused-ring (bicyclic) bond motifs is 7. The van der Waals surface area contributed by atoms with Gasteiger partial charge in [-0.15, -0.1) is 0 Å². The quantitative estimate of drug-likeness (QED) is 0.0595. The predicted octanol–water partition coefficient (Wildman–Crippen LogP) is -1.59. The van der Waals surface area contributed by atoms with Crippen molar-refractivity contribution in [1.82, 2.24) is 0 Å². The molecule has 452 valence electrons. The molecule has 0 aromatic carbocycles. The van der Waals surface area contributed by atoms with Gasteiger partial charge in [-0.05, 0) is 106 Å². The van der Waals surface area contributed by atoms with Crippen LogP contribution in [0.25, 0.3) is 0 Å². The van der Waals surface area contributed by atoms with Crippen LogP contribution in [0.1, 0.15) is 106 Å². The zero-order chi connectivity index (χ0) is 57.9. The summed E-state index contributed by atoms with van der Waals surface area (Å²) in [4.78, 5) is 27.0. The van der Waals surface area contributed by atoms with Crippen molar-refractivity contribution >= 4 is 11.9 Å². The lowest BCUT2D eigenvalue weighted by molar-refractivity contribution is -0.396. The maximum Gasteiger partial charge on any atom is 0.337 e. The van der Waals surface area contributed by atoms with E-state index in [1.54, 1.807) is 0 Å². The van der Waals surface area contributed by atoms with Crippen LogP contribution in [0, 0.1) is 50.2 Å². The molecule has 24 heteroatoms. The number of esters is 2. The lowest BCUT2D eigenvalue weighted by Crippen LogP contribution is -2.68. The molecular weight excluding hydrogens is 1040 g/mol. The van der Waals surface area contributed by atoms with Crippen LogP contribution >= 0.6 is 0 Å². The molecule has 0 aromatic heterocycles. The van der Waals surface area contributed by atoms with E-state index in [-0.39, 0.29) is 54.2 Å². The number of carbonyl (C=O) groups excluding carboxylic acids is 2. The molecule has 24 nitrogen and oxygen atoms in total. The van der Waals surface area contributed by atoms with Gasteiger partial charge in [0, 0.05) is 10.8 Å². The number of carbonyl (C=O) groups is 2. The first-order valence-electron chi connectivity index (χ1n) is 28.1. The molecule has 79 heavy (non-hydrogen) atoms. The second-order valence-electron chi connectivity index (χ2n) is 26.0. The Hall–Kier alpha value is -2.12. The number of aliphatic hydroxyl groups excluding tert-OH is 12. The summed E-state index contributed by atoms with van der Waals surface area (Å²) in [6.07, 6.45) is -25.6. The van der Waals surface area contributed by atoms with Crippen LogP contribution in [0.15, 0.2) is 11.6 Å². The molecule has 8 fully saturated rings. The highest BCUT2D eigenvalue weighted by Gasteiger charge is 2.71. The summed E-state index contributed by atoms with van der Waals surface area (Å²) >= 11 is 0. The average Bonchev–Trinajstić information content (AvgIpc) is 3.42. The molecule has 0 unspecified atom stereocenters. The van der Waals surface area contributed by atoms with Crippen molar-refractivity contribution in [1.29, 1.82) is 0 Å². The molecule has 0 spiro atoms. The third-order valence-corrected chi connectivity index (χ3v) is 21.9. The van der Waals surface area contributed by atoms with Crippen LogP contribution in [0.5, 0.6) is 0 Å². The molecule has 9 rings (SSSR count). The van der Waals surface area contributed by atoms with Crippen molar-refractivity contribution in [3.05, 3.63) is 11.6 Å². The molecule has 9 aliphatic rings. The van der Waals surface area contributed by atoms with Crippen LogP contribution in [0.3, 0.4) is 0 Å². The van der Waals surface area contributed by atoms with Crippen molar-refractivity contribution in [2.75, 3.05) is 34.0 Å². The first-order chi connectivity index (χ1) is 37.0. The molecular formula is C55H88O24. The molecule has 0 bridgehead atoms. The van der Waals surface area contributed by atoms with Crippen molar-refractivity contribution in [2.45, 2.75) is 235 Å². The highest BCUT2D eigenvalue weighted by Crippen LogP contribution is 2.76. The Morgan fingerprint density at radius 2 is 1.24 bits per heavy atom. The van der Waals surface area contributed by atoms with Gasteiger partial charge in [0.15, 0.2) is 31.3 Å². The number of methoxy groups -OCH3 is 2. The summed E-state index contributed by atoms with van der Waals surface area (Å²) in [5.41, 5.74) is -2.38. The van der Waals surface area contributed by atoms with Crippen LogP contribution in [0.2, 0.25) is 0 Å². The lowest BCUT2D eigenvalue weighted by Gasteiger charge is -2.72. The van der Waals surface area contributed by atoms with Crippen LogP contribution in [-0.2, 0) is 57.0 Å². The fourth-order valence-electron chi connectivity index (χ4n) is 16.7. The average molecular weight is 1130 g/mol. The van der Waals surface area contributed by atoms with Gasteiger partial charge in [0.2, 0.25) is 0 Å². The summed E-state index contributed by atoms with van der Waals surface area (Å²) in [6.45, 7) is 12.9. The normalized spacial score (nSPS) is 54.7. The second kappa shape index (κ2) is 22.4. The molecule has 4 aliphatic heterocycles. The first-order valence-corrected chi connectivity index (χ1v) is 28.1. The maximum absolute atomic E-state index is 13.8. The lowest BCUT2D eigenvalue weighted by atomic mass is 9.33. The Kier molecular flexibility index (Phi) is 17.4. The standard InChI is InChI=1S/C55H88O24/c1-23-32(59)35(62)40(67)46(73-23)78-42-36(63)34(61)27(20-56)74-47(42)79-43-38(65)37(64)41(44(68)70-8)77-48(43)75-30-13-14-52(4)28(53(30,5)22-57)12-15-55(7)29(52)11-10-24-25-18-50(2,49(69)71-9)19-31(51(25,3)16-17-54(24,55)6)76-45-39(66)33(60)26(58)21-72-45/h10,23,25-43,45-48,56-67H,11-22H2,1-9H3/t23-,25-,26-,27+,28+,29+,30-,31+,32-,33-,34-,35+,36-,37-,38-,39+,40+,41-,42+,43+,45-,46-,47-,48+,50-,51+,52-,53+,54+,55+/m0/s1. The number of aliphatic hydroxyl groups is 12. The molecule has 4 heterocycles. The van der Waals surface area contributed by atoms with Gasteiger partial charge in [0.05, 0.1) is 57.8 Å². The maximum atomic E-state index is 13.8. The fourth-order valence-corrected chi connectivity index (χ4v) is 16.7. The number of allylic oxidation sites excluding steroid dienone is 2. The fraction of sp³-hybridized carbons (Fsp3) is 0.927. The van der Waals surface area contributed by atoms with Crippen LogP contribution < -0.4 is 0 Å². The Morgan fingerprint density at radius 1 is 0.608 bits per heavy atom. The van der Waals surface area contributed by atoms with Gasteiger partial charge in [-0.2, -0.15) is 0 Å². The van der Waals surface area contributed by atoms with Gasteiger partial charge in [-0.3, -0.25) is 4.79 Å². The zero-order valence-electron chi connectivity index (χ0n) is 46.7. The minimum absolute atomic E-state index is 0.0772. The molecule has 12 N–H and O–H groups in total. The smallest absolute Gasteiger partial charge is 0.337 e. The summed E-state index contributed by atoms with van der Waals surface area (Å²) in [5.74, 6) is -1.70. The third kappa shape index (κ3) is 9.87. The molecule has 0 radical (unpaired) electrons. The van der Waals surface area contributed by atoms with Crippen molar-refractivity contribution < 1.29 is 118 Å². The van der Waals surface area contributed by atoms with E-state index >= 15 is 0 Å². The van der Waals surface area contributed by atoms with E-state index in [1.165, 1.54) is 19.6 Å². The molecule has 30 atom stereocenters. The number of hydrogen-bond donors (Lipinski definition) is 12. The van der Waals surface area contributed by atoms with E-state index in [0.717, 1.165) is 20.0 Å². The monoisotopic (exact) mass is 1130 g/mol. The minimum Gasteiger partial charge on any atom is -0.469 e. The van der Waals surface area contributed by atoms with Gasteiger partial charge in [-0.25, -0.2) is 4.79 Å². The third-order valence-electron chi connectivity index (χ3n) is 21.9. The highest BCUT2D eigenvalue weighted by molar-refractivity contribution is 5.77. The van der Waals surface area contributed by atoms with Crippen molar-refractivity contribution in [3.8, 4) is 0 Å². The highest BCUT2D eigenvalue weighted by atomic mass is 16.8. The predicted molar refractivity (Wildman–Crippen MR) is 268 cm³/mol. The van der Waals surface area contributed by atoms with Crippen LogP contribution in [-0.4, -0.2) is 236 Å². The first kappa shape index (κ1) is 61.4. The Morgan fingerprint density at radius 3 is 1.89 bits per heavy atom. The van der Waals surface area contributed by atoms with E-state index in [1.807, 2.05) is 13.8 Å². The van der Waals surface area contributed by atoms with E-state index < -0.39 is 163 Å². The molecule has 0 aromatic rings.